The number of hydrogen-bond donors (Lipinski definition) is 2. The molecule has 1 rings (SSSR count). The molecule has 4 heteroatoms. The van der Waals surface area contributed by atoms with Crippen LogP contribution in [-0.4, -0.2) is 26.6 Å². The number of methoxy groups -OCH3 is 1. The molecule has 0 aliphatic carbocycles. The Morgan fingerprint density at radius 3 is 2.76 bits per heavy atom. The number of benzene rings is 1. The molecule has 94 valence electrons. The SMILES string of the molecule is CNCCC(=O)N[C@H](C)c1ccccc1OC. The molecule has 1 atom stereocenters. The molecular weight excluding hydrogens is 216 g/mol. The number of carbonyl (C=O) groups excluding carboxylic acids is 1. The van der Waals surface area contributed by atoms with Gasteiger partial charge in [0.05, 0.1) is 13.2 Å². The average molecular weight is 236 g/mol. The number of carbonyl (C=O) groups is 1. The third kappa shape index (κ3) is 4.07. The summed E-state index contributed by atoms with van der Waals surface area (Å²) in [5.74, 6) is 0.840. The summed E-state index contributed by atoms with van der Waals surface area (Å²) in [4.78, 5) is 11.6. The Morgan fingerprint density at radius 1 is 1.41 bits per heavy atom. The van der Waals surface area contributed by atoms with Gasteiger partial charge in [-0.2, -0.15) is 0 Å². The van der Waals surface area contributed by atoms with Crippen LogP contribution in [0.25, 0.3) is 0 Å². The van der Waals surface area contributed by atoms with Gasteiger partial charge >= 0.3 is 0 Å². The Labute approximate surface area is 102 Å². The second-order valence-electron chi connectivity index (χ2n) is 3.88. The van der Waals surface area contributed by atoms with Crippen molar-refractivity contribution >= 4 is 5.91 Å². The molecule has 0 bridgehead atoms. The van der Waals surface area contributed by atoms with E-state index in [1.54, 1.807) is 7.11 Å². The van der Waals surface area contributed by atoms with Crippen LogP contribution in [0.5, 0.6) is 5.75 Å². The monoisotopic (exact) mass is 236 g/mol. The van der Waals surface area contributed by atoms with Crippen molar-refractivity contribution in [2.75, 3.05) is 20.7 Å². The van der Waals surface area contributed by atoms with E-state index in [1.165, 1.54) is 0 Å². The fourth-order valence-corrected chi connectivity index (χ4v) is 1.65. The van der Waals surface area contributed by atoms with Crippen LogP contribution in [0.3, 0.4) is 0 Å². The van der Waals surface area contributed by atoms with Gasteiger partial charge in [-0.25, -0.2) is 0 Å². The molecule has 2 N–H and O–H groups in total. The second-order valence-corrected chi connectivity index (χ2v) is 3.88. The van der Waals surface area contributed by atoms with Gasteiger partial charge in [0.25, 0.3) is 0 Å². The molecule has 0 fully saturated rings. The summed E-state index contributed by atoms with van der Waals surface area (Å²) in [6, 6.07) is 7.66. The van der Waals surface area contributed by atoms with Crippen molar-refractivity contribution in [3.8, 4) is 5.75 Å². The minimum absolute atomic E-state index is 0.0396. The fraction of sp³-hybridized carbons (Fsp3) is 0.462. The zero-order chi connectivity index (χ0) is 12.7. The van der Waals surface area contributed by atoms with E-state index in [1.807, 2.05) is 38.2 Å². The maximum absolute atomic E-state index is 11.6. The molecule has 0 saturated heterocycles. The van der Waals surface area contributed by atoms with Crippen LogP contribution in [0.1, 0.15) is 24.9 Å². The van der Waals surface area contributed by atoms with Crippen molar-refractivity contribution in [1.29, 1.82) is 0 Å². The third-order valence-electron chi connectivity index (χ3n) is 2.58. The topological polar surface area (TPSA) is 50.4 Å². The first-order chi connectivity index (χ1) is 8.19. The van der Waals surface area contributed by atoms with E-state index in [0.29, 0.717) is 13.0 Å². The maximum atomic E-state index is 11.6. The molecule has 0 unspecified atom stereocenters. The summed E-state index contributed by atoms with van der Waals surface area (Å²) in [5, 5.41) is 5.90. The number of rotatable bonds is 6. The molecule has 0 heterocycles. The first kappa shape index (κ1) is 13.5. The van der Waals surface area contributed by atoms with Gasteiger partial charge in [-0.15, -0.1) is 0 Å². The van der Waals surface area contributed by atoms with Crippen LogP contribution >= 0.6 is 0 Å². The second kappa shape index (κ2) is 6.91. The molecule has 1 aromatic carbocycles. The average Bonchev–Trinajstić information content (AvgIpc) is 2.36. The lowest BCUT2D eigenvalue weighted by molar-refractivity contribution is -0.121. The number of para-hydroxylation sites is 1. The van der Waals surface area contributed by atoms with E-state index in [-0.39, 0.29) is 11.9 Å². The Kier molecular flexibility index (Phi) is 5.49. The van der Waals surface area contributed by atoms with Crippen molar-refractivity contribution in [3.05, 3.63) is 29.8 Å². The van der Waals surface area contributed by atoms with Crippen molar-refractivity contribution in [2.45, 2.75) is 19.4 Å². The number of hydrogen-bond acceptors (Lipinski definition) is 3. The molecule has 0 aromatic heterocycles. The molecule has 1 amide bonds. The summed E-state index contributed by atoms with van der Waals surface area (Å²) in [6.45, 7) is 2.64. The molecule has 4 nitrogen and oxygen atoms in total. The Bertz CT molecular complexity index is 366. The van der Waals surface area contributed by atoms with E-state index >= 15 is 0 Å². The first-order valence-electron chi connectivity index (χ1n) is 5.76. The van der Waals surface area contributed by atoms with Gasteiger partial charge < -0.3 is 15.4 Å². The predicted molar refractivity (Wildman–Crippen MR) is 68.1 cm³/mol. The quantitative estimate of drug-likeness (QED) is 0.786. The molecule has 0 spiro atoms. The smallest absolute Gasteiger partial charge is 0.221 e. The minimum Gasteiger partial charge on any atom is -0.496 e. The highest BCUT2D eigenvalue weighted by Gasteiger charge is 2.12. The van der Waals surface area contributed by atoms with Crippen LogP contribution < -0.4 is 15.4 Å². The van der Waals surface area contributed by atoms with Gasteiger partial charge in [-0.05, 0) is 20.0 Å². The number of nitrogens with one attached hydrogen (secondary N) is 2. The normalized spacial score (nSPS) is 11.9. The van der Waals surface area contributed by atoms with Gasteiger partial charge in [0.2, 0.25) is 5.91 Å². The standard InChI is InChI=1S/C13H20N2O2/c1-10(15-13(16)8-9-14-2)11-6-4-5-7-12(11)17-3/h4-7,10,14H,8-9H2,1-3H3,(H,15,16)/t10-/m1/s1. The third-order valence-corrected chi connectivity index (χ3v) is 2.58. The summed E-state index contributed by atoms with van der Waals surface area (Å²) < 4.78 is 5.27. The van der Waals surface area contributed by atoms with Gasteiger partial charge in [0.1, 0.15) is 5.75 Å². The largest absolute Gasteiger partial charge is 0.496 e. The van der Waals surface area contributed by atoms with Crippen LogP contribution in [-0.2, 0) is 4.79 Å². The molecule has 0 saturated carbocycles. The van der Waals surface area contributed by atoms with Gasteiger partial charge in [-0.1, -0.05) is 18.2 Å². The van der Waals surface area contributed by atoms with Crippen molar-refractivity contribution in [3.63, 3.8) is 0 Å². The Morgan fingerprint density at radius 2 is 2.12 bits per heavy atom. The molecule has 0 radical (unpaired) electrons. The molecule has 0 aliphatic rings. The highest BCUT2D eigenvalue weighted by molar-refractivity contribution is 5.76. The van der Waals surface area contributed by atoms with Crippen molar-refractivity contribution < 1.29 is 9.53 Å². The van der Waals surface area contributed by atoms with E-state index < -0.39 is 0 Å². The van der Waals surface area contributed by atoms with Crippen LogP contribution in [0, 0.1) is 0 Å². The Balaban J connectivity index is 2.62. The van der Waals surface area contributed by atoms with E-state index in [2.05, 4.69) is 10.6 Å². The van der Waals surface area contributed by atoms with Crippen molar-refractivity contribution in [1.82, 2.24) is 10.6 Å². The lowest BCUT2D eigenvalue weighted by Gasteiger charge is -2.17. The van der Waals surface area contributed by atoms with Crippen LogP contribution in [0.15, 0.2) is 24.3 Å². The fourth-order valence-electron chi connectivity index (χ4n) is 1.65. The zero-order valence-electron chi connectivity index (χ0n) is 10.6. The summed E-state index contributed by atoms with van der Waals surface area (Å²) >= 11 is 0. The van der Waals surface area contributed by atoms with E-state index in [0.717, 1.165) is 11.3 Å². The van der Waals surface area contributed by atoms with Crippen LogP contribution in [0.2, 0.25) is 0 Å². The molecule has 17 heavy (non-hydrogen) atoms. The lowest BCUT2D eigenvalue weighted by Crippen LogP contribution is -2.29. The minimum atomic E-state index is -0.0458. The van der Waals surface area contributed by atoms with Gasteiger partial charge in [-0.3, -0.25) is 4.79 Å². The highest BCUT2D eigenvalue weighted by atomic mass is 16.5. The van der Waals surface area contributed by atoms with Crippen LogP contribution in [0.4, 0.5) is 0 Å². The molecule has 0 aliphatic heterocycles. The Hall–Kier alpha value is -1.55. The van der Waals surface area contributed by atoms with E-state index in [4.69, 9.17) is 4.74 Å². The lowest BCUT2D eigenvalue weighted by atomic mass is 10.1. The van der Waals surface area contributed by atoms with Crippen molar-refractivity contribution in [2.24, 2.45) is 0 Å². The van der Waals surface area contributed by atoms with Gasteiger partial charge in [0, 0.05) is 18.5 Å². The summed E-state index contributed by atoms with van der Waals surface area (Å²) in [6.07, 6.45) is 0.482. The van der Waals surface area contributed by atoms with E-state index in [9.17, 15) is 4.79 Å². The predicted octanol–water partition coefficient (Wildman–Crippen LogP) is 1.48. The molecule has 1 aromatic rings. The summed E-state index contributed by atoms with van der Waals surface area (Å²) in [7, 11) is 3.46. The first-order valence-corrected chi connectivity index (χ1v) is 5.76. The zero-order valence-corrected chi connectivity index (χ0v) is 10.6. The number of ether oxygens (including phenoxy) is 1. The van der Waals surface area contributed by atoms with Gasteiger partial charge in [0.15, 0.2) is 0 Å². The molecular formula is C13H20N2O2. The number of amides is 1. The summed E-state index contributed by atoms with van der Waals surface area (Å²) in [5.41, 5.74) is 0.993. The maximum Gasteiger partial charge on any atom is 0.221 e. The highest BCUT2D eigenvalue weighted by Crippen LogP contribution is 2.24.